The first-order valence-electron chi connectivity index (χ1n) is 7.24. The fraction of sp³-hybridized carbons (Fsp3) is 0.500. The van der Waals surface area contributed by atoms with Crippen LogP contribution in [0.3, 0.4) is 0 Å². The molecule has 20 heavy (non-hydrogen) atoms. The molecule has 0 amide bonds. The van der Waals surface area contributed by atoms with E-state index in [1.807, 2.05) is 12.1 Å². The molecule has 0 saturated carbocycles. The Morgan fingerprint density at radius 1 is 1.35 bits per heavy atom. The molecule has 0 aliphatic carbocycles. The number of nitrogens with one attached hydrogen (secondary N) is 1. The lowest BCUT2D eigenvalue weighted by Gasteiger charge is -2.30. The van der Waals surface area contributed by atoms with Crippen molar-refractivity contribution in [1.29, 1.82) is 0 Å². The van der Waals surface area contributed by atoms with E-state index >= 15 is 0 Å². The number of hydrogen-bond donors (Lipinski definition) is 1. The van der Waals surface area contributed by atoms with E-state index in [2.05, 4.69) is 45.3 Å². The summed E-state index contributed by atoms with van der Waals surface area (Å²) in [5.41, 5.74) is 2.50. The molecule has 2 aliphatic rings. The summed E-state index contributed by atoms with van der Waals surface area (Å²) < 4.78 is 6.91. The van der Waals surface area contributed by atoms with Gasteiger partial charge in [-0.2, -0.15) is 0 Å². The number of halogens is 1. The maximum Gasteiger partial charge on any atom is 0.127 e. The summed E-state index contributed by atoms with van der Waals surface area (Å²) in [6.45, 7) is 4.03. The maximum atomic E-state index is 5.81. The highest BCUT2D eigenvalue weighted by molar-refractivity contribution is 9.10. The minimum atomic E-state index is 0.649. The van der Waals surface area contributed by atoms with Crippen molar-refractivity contribution in [1.82, 2.24) is 10.2 Å². The average Bonchev–Trinajstić information content (AvgIpc) is 2.46. The van der Waals surface area contributed by atoms with Crippen LogP contribution in [0.25, 0.3) is 6.08 Å². The predicted octanol–water partition coefficient (Wildman–Crippen LogP) is 2.91. The quantitative estimate of drug-likeness (QED) is 0.918. The number of hydrogen-bond acceptors (Lipinski definition) is 3. The van der Waals surface area contributed by atoms with Crippen LogP contribution in [0.5, 0.6) is 5.75 Å². The third-order valence-electron chi connectivity index (χ3n) is 4.08. The Morgan fingerprint density at radius 2 is 2.15 bits per heavy atom. The van der Waals surface area contributed by atoms with Crippen LogP contribution >= 0.6 is 15.9 Å². The van der Waals surface area contributed by atoms with Crippen LogP contribution in [0.2, 0.25) is 0 Å². The summed E-state index contributed by atoms with van der Waals surface area (Å²) >= 11 is 3.51. The Balaban J connectivity index is 1.58. The fourth-order valence-electron chi connectivity index (χ4n) is 2.79. The molecule has 0 unspecified atom stereocenters. The second-order valence-electron chi connectivity index (χ2n) is 5.73. The van der Waals surface area contributed by atoms with Crippen molar-refractivity contribution in [3.63, 3.8) is 0 Å². The van der Waals surface area contributed by atoms with E-state index in [1.54, 1.807) is 0 Å². The zero-order chi connectivity index (χ0) is 13.9. The van der Waals surface area contributed by atoms with Gasteiger partial charge < -0.3 is 15.0 Å². The molecule has 1 aromatic carbocycles. The van der Waals surface area contributed by atoms with Crippen LogP contribution in [0, 0.1) is 0 Å². The van der Waals surface area contributed by atoms with Crippen LogP contribution in [-0.4, -0.2) is 44.2 Å². The van der Waals surface area contributed by atoms with Gasteiger partial charge in [-0.05, 0) is 62.8 Å². The lowest BCUT2D eigenvalue weighted by atomic mass is 10.0. The highest BCUT2D eigenvalue weighted by atomic mass is 79.9. The number of nitrogens with zero attached hydrogens (tertiary/aromatic N) is 1. The lowest BCUT2D eigenvalue weighted by molar-refractivity contribution is 0.236. The number of piperidine rings is 1. The van der Waals surface area contributed by atoms with Gasteiger partial charge in [0.1, 0.15) is 12.4 Å². The fourth-order valence-corrected chi connectivity index (χ4v) is 3.16. The molecule has 1 fully saturated rings. The maximum absolute atomic E-state index is 5.81. The Hall–Kier alpha value is -0.840. The van der Waals surface area contributed by atoms with Crippen LogP contribution in [0.15, 0.2) is 28.2 Å². The Morgan fingerprint density at radius 3 is 2.95 bits per heavy atom. The molecule has 1 aromatic rings. The van der Waals surface area contributed by atoms with Crippen molar-refractivity contribution in [3.05, 3.63) is 33.8 Å². The number of benzene rings is 1. The summed E-state index contributed by atoms with van der Waals surface area (Å²) in [4.78, 5) is 2.40. The summed E-state index contributed by atoms with van der Waals surface area (Å²) in [5, 5.41) is 3.67. The number of fused-ring (bicyclic) bond motifs is 1. The van der Waals surface area contributed by atoms with Crippen molar-refractivity contribution in [2.45, 2.75) is 18.9 Å². The van der Waals surface area contributed by atoms with E-state index in [0.717, 1.165) is 16.8 Å². The molecule has 3 nitrogen and oxygen atoms in total. The van der Waals surface area contributed by atoms with Crippen molar-refractivity contribution in [3.8, 4) is 5.75 Å². The van der Waals surface area contributed by atoms with E-state index in [4.69, 9.17) is 4.74 Å². The molecule has 3 rings (SSSR count). The van der Waals surface area contributed by atoms with E-state index < -0.39 is 0 Å². The first-order chi connectivity index (χ1) is 9.70. The molecule has 1 N–H and O–H groups in total. The smallest absolute Gasteiger partial charge is 0.127 e. The monoisotopic (exact) mass is 336 g/mol. The van der Waals surface area contributed by atoms with Gasteiger partial charge in [-0.25, -0.2) is 0 Å². The number of ether oxygens (including phenoxy) is 1. The van der Waals surface area contributed by atoms with Gasteiger partial charge in [0, 0.05) is 22.6 Å². The van der Waals surface area contributed by atoms with Gasteiger partial charge >= 0.3 is 0 Å². The van der Waals surface area contributed by atoms with Crippen molar-refractivity contribution < 1.29 is 4.74 Å². The summed E-state index contributed by atoms with van der Waals surface area (Å²) in [6.07, 6.45) is 4.74. The minimum absolute atomic E-state index is 0.649. The van der Waals surface area contributed by atoms with Gasteiger partial charge in [0.05, 0.1) is 0 Å². The molecule has 108 valence electrons. The van der Waals surface area contributed by atoms with E-state index in [-0.39, 0.29) is 0 Å². The first kappa shape index (κ1) is 14.1. The zero-order valence-electron chi connectivity index (χ0n) is 11.9. The van der Waals surface area contributed by atoms with E-state index in [9.17, 15) is 0 Å². The number of rotatable bonds is 3. The molecule has 0 bridgehead atoms. The first-order valence-corrected chi connectivity index (χ1v) is 8.04. The normalized spacial score (nSPS) is 20.2. The molecule has 0 aromatic heterocycles. The number of likely N-dealkylation sites (tertiary alicyclic amines) is 1. The molecule has 4 heteroatoms. The average molecular weight is 337 g/mol. The van der Waals surface area contributed by atoms with Gasteiger partial charge in [-0.1, -0.05) is 15.9 Å². The van der Waals surface area contributed by atoms with Gasteiger partial charge in [-0.3, -0.25) is 0 Å². The summed E-state index contributed by atoms with van der Waals surface area (Å²) in [7, 11) is 2.20. The lowest BCUT2D eigenvalue weighted by Crippen LogP contribution is -2.41. The molecule has 0 radical (unpaired) electrons. The highest BCUT2D eigenvalue weighted by Crippen LogP contribution is 2.29. The third kappa shape index (κ3) is 3.43. The molecule has 0 spiro atoms. The largest absolute Gasteiger partial charge is 0.489 e. The van der Waals surface area contributed by atoms with Crippen LogP contribution in [0.1, 0.15) is 18.4 Å². The Bertz CT molecular complexity index is 507. The Kier molecular flexibility index (Phi) is 4.44. The van der Waals surface area contributed by atoms with Gasteiger partial charge in [-0.15, -0.1) is 0 Å². The third-order valence-corrected chi connectivity index (χ3v) is 4.57. The molecule has 0 atom stereocenters. The molecule has 2 heterocycles. The zero-order valence-corrected chi connectivity index (χ0v) is 13.4. The Labute approximate surface area is 129 Å². The van der Waals surface area contributed by atoms with Gasteiger partial charge in [0.2, 0.25) is 0 Å². The van der Waals surface area contributed by atoms with Crippen molar-refractivity contribution >= 4 is 22.0 Å². The molecule has 1 saturated heterocycles. The van der Waals surface area contributed by atoms with E-state index in [1.165, 1.54) is 37.1 Å². The molecule has 2 aliphatic heterocycles. The minimum Gasteiger partial charge on any atom is -0.489 e. The summed E-state index contributed by atoms with van der Waals surface area (Å²) in [5.74, 6) is 0.983. The topological polar surface area (TPSA) is 24.5 Å². The highest BCUT2D eigenvalue weighted by Gasteiger charge is 2.17. The van der Waals surface area contributed by atoms with Gasteiger partial charge in [0.15, 0.2) is 0 Å². The van der Waals surface area contributed by atoms with Crippen LogP contribution < -0.4 is 10.1 Å². The van der Waals surface area contributed by atoms with E-state index in [0.29, 0.717) is 12.6 Å². The van der Waals surface area contributed by atoms with Gasteiger partial charge in [0.25, 0.3) is 0 Å². The second kappa shape index (κ2) is 6.29. The van der Waals surface area contributed by atoms with Crippen LogP contribution in [0.4, 0.5) is 0 Å². The van der Waals surface area contributed by atoms with Crippen LogP contribution in [-0.2, 0) is 0 Å². The van der Waals surface area contributed by atoms with Crippen molar-refractivity contribution in [2.75, 3.05) is 33.3 Å². The standard InChI is InChI=1S/C16H21BrN2O/c1-19-6-4-15(5-7-19)18-10-12-8-13-9-14(17)2-3-16(13)20-11-12/h2-3,8-9,15,18H,4-7,10-11H2,1H3. The predicted molar refractivity (Wildman–Crippen MR) is 86.1 cm³/mol. The second-order valence-corrected chi connectivity index (χ2v) is 6.65. The summed E-state index contributed by atoms with van der Waals surface area (Å²) in [6, 6.07) is 6.81. The molecular formula is C16H21BrN2O. The molecular weight excluding hydrogens is 316 g/mol. The van der Waals surface area contributed by atoms with Crippen molar-refractivity contribution in [2.24, 2.45) is 0 Å². The SMILES string of the molecule is CN1CCC(NCC2=Cc3cc(Br)ccc3OC2)CC1.